The summed E-state index contributed by atoms with van der Waals surface area (Å²) in [7, 11) is 0. The quantitative estimate of drug-likeness (QED) is 0.836. The fraction of sp³-hybridized carbons (Fsp3) is 0.462. The van der Waals surface area contributed by atoms with E-state index in [1.54, 1.807) is 12.1 Å². The fourth-order valence-electron chi connectivity index (χ4n) is 2.21. The number of amides is 1. The lowest BCUT2D eigenvalue weighted by atomic mass is 9.94. The molecule has 1 atom stereocenters. The van der Waals surface area contributed by atoms with Crippen LogP contribution in [0, 0.1) is 0 Å². The van der Waals surface area contributed by atoms with E-state index in [2.05, 4.69) is 4.90 Å². The van der Waals surface area contributed by atoms with Crippen LogP contribution >= 0.6 is 11.6 Å². The molecule has 0 spiro atoms. The number of primary amides is 1. The molecule has 0 radical (unpaired) electrons. The van der Waals surface area contributed by atoms with Crippen LogP contribution in [0.1, 0.15) is 17.9 Å². The summed E-state index contributed by atoms with van der Waals surface area (Å²) >= 11 is 5.82. The van der Waals surface area contributed by atoms with Crippen LogP contribution in [-0.2, 0) is 4.79 Å². The number of nitrogens with zero attached hydrogens (tertiary/aromatic N) is 1. The summed E-state index contributed by atoms with van der Waals surface area (Å²) in [4.78, 5) is 13.6. The molecule has 1 saturated heterocycles. The molecule has 1 aromatic rings. The summed E-state index contributed by atoms with van der Waals surface area (Å²) in [6.07, 6.45) is 0.455. The summed E-state index contributed by atoms with van der Waals surface area (Å²) in [6.45, 7) is 2.14. The number of hydrogen-bond donors (Lipinski definition) is 2. The first-order chi connectivity index (χ1) is 8.56. The highest BCUT2D eigenvalue weighted by atomic mass is 35.5. The molecule has 1 unspecified atom stereocenters. The molecule has 4 nitrogen and oxygen atoms in total. The van der Waals surface area contributed by atoms with Gasteiger partial charge in [0.2, 0.25) is 5.91 Å². The second kappa shape index (κ2) is 5.69. The SMILES string of the molecule is NC(=O)C(CCN1CC(O)C1)c1ccc(Cl)cc1. The molecule has 3 N–H and O–H groups in total. The lowest BCUT2D eigenvalue weighted by molar-refractivity contribution is -0.119. The molecule has 0 aliphatic carbocycles. The lowest BCUT2D eigenvalue weighted by Gasteiger charge is -2.36. The van der Waals surface area contributed by atoms with Crippen molar-refractivity contribution in [3.8, 4) is 0 Å². The predicted molar refractivity (Wildman–Crippen MR) is 70.5 cm³/mol. The molecule has 2 rings (SSSR count). The monoisotopic (exact) mass is 268 g/mol. The normalized spacial score (nSPS) is 18.3. The van der Waals surface area contributed by atoms with E-state index in [-0.39, 0.29) is 17.9 Å². The summed E-state index contributed by atoms with van der Waals surface area (Å²) < 4.78 is 0. The molecular weight excluding hydrogens is 252 g/mol. The van der Waals surface area contributed by atoms with Gasteiger partial charge in [-0.2, -0.15) is 0 Å². The smallest absolute Gasteiger partial charge is 0.225 e. The van der Waals surface area contributed by atoms with Crippen molar-refractivity contribution in [3.63, 3.8) is 0 Å². The third-order valence-electron chi connectivity index (χ3n) is 3.29. The van der Waals surface area contributed by atoms with E-state index >= 15 is 0 Å². The molecule has 1 heterocycles. The maximum atomic E-state index is 11.5. The number of hydrogen-bond acceptors (Lipinski definition) is 3. The van der Waals surface area contributed by atoms with Gasteiger partial charge in [0.25, 0.3) is 0 Å². The Kier molecular flexibility index (Phi) is 4.22. The van der Waals surface area contributed by atoms with Crippen LogP contribution < -0.4 is 5.73 Å². The molecule has 0 aromatic heterocycles. The number of aliphatic hydroxyl groups excluding tert-OH is 1. The Morgan fingerprint density at radius 3 is 2.56 bits per heavy atom. The Balaban J connectivity index is 1.95. The van der Waals surface area contributed by atoms with E-state index < -0.39 is 0 Å². The number of nitrogens with two attached hydrogens (primary N) is 1. The Labute approximate surface area is 111 Å². The highest BCUT2D eigenvalue weighted by Crippen LogP contribution is 2.22. The molecule has 1 fully saturated rings. The average Bonchev–Trinajstić information content (AvgIpc) is 2.28. The van der Waals surface area contributed by atoms with E-state index in [9.17, 15) is 9.90 Å². The van der Waals surface area contributed by atoms with Gasteiger partial charge in [-0.3, -0.25) is 9.69 Å². The number of rotatable bonds is 5. The van der Waals surface area contributed by atoms with Crippen molar-refractivity contribution in [1.82, 2.24) is 4.90 Å². The molecule has 1 aliphatic heterocycles. The fourth-order valence-corrected chi connectivity index (χ4v) is 2.33. The van der Waals surface area contributed by atoms with Gasteiger partial charge < -0.3 is 10.8 Å². The summed E-state index contributed by atoms with van der Waals surface area (Å²) in [6, 6.07) is 7.20. The number of halogens is 1. The zero-order chi connectivity index (χ0) is 13.1. The highest BCUT2D eigenvalue weighted by Gasteiger charge is 2.26. The van der Waals surface area contributed by atoms with Gasteiger partial charge in [0.1, 0.15) is 0 Å². The van der Waals surface area contributed by atoms with E-state index in [1.165, 1.54) is 0 Å². The van der Waals surface area contributed by atoms with Gasteiger partial charge in [-0.15, -0.1) is 0 Å². The summed E-state index contributed by atoms with van der Waals surface area (Å²) in [5.41, 5.74) is 6.34. The van der Waals surface area contributed by atoms with E-state index in [0.29, 0.717) is 24.5 Å². The first kappa shape index (κ1) is 13.3. The molecular formula is C13H17ClN2O2. The minimum Gasteiger partial charge on any atom is -0.390 e. The number of carbonyl (C=O) groups excluding carboxylic acids is 1. The molecule has 98 valence electrons. The molecule has 1 aromatic carbocycles. The van der Waals surface area contributed by atoms with Crippen molar-refractivity contribution in [2.45, 2.75) is 18.4 Å². The van der Waals surface area contributed by atoms with Crippen LogP contribution in [-0.4, -0.2) is 41.7 Å². The maximum Gasteiger partial charge on any atom is 0.225 e. The largest absolute Gasteiger partial charge is 0.390 e. The van der Waals surface area contributed by atoms with E-state index in [0.717, 1.165) is 12.1 Å². The maximum absolute atomic E-state index is 11.5. The lowest BCUT2D eigenvalue weighted by Crippen LogP contribution is -2.51. The molecule has 0 bridgehead atoms. The van der Waals surface area contributed by atoms with Crippen molar-refractivity contribution in [1.29, 1.82) is 0 Å². The Hall–Kier alpha value is -1.10. The van der Waals surface area contributed by atoms with Gasteiger partial charge in [0.15, 0.2) is 0 Å². The number of aliphatic hydroxyl groups is 1. The summed E-state index contributed by atoms with van der Waals surface area (Å²) in [5, 5.41) is 9.84. The van der Waals surface area contributed by atoms with Crippen molar-refractivity contribution in [2.75, 3.05) is 19.6 Å². The van der Waals surface area contributed by atoms with Crippen LogP contribution in [0.15, 0.2) is 24.3 Å². The third-order valence-corrected chi connectivity index (χ3v) is 3.54. The number of benzene rings is 1. The van der Waals surface area contributed by atoms with E-state index in [4.69, 9.17) is 17.3 Å². The molecule has 1 aliphatic rings. The van der Waals surface area contributed by atoms with Crippen LogP contribution in [0.2, 0.25) is 5.02 Å². The molecule has 5 heteroatoms. The minimum atomic E-state index is -0.321. The highest BCUT2D eigenvalue weighted by molar-refractivity contribution is 6.30. The number of likely N-dealkylation sites (tertiary alicyclic amines) is 1. The van der Waals surface area contributed by atoms with Crippen LogP contribution in [0.5, 0.6) is 0 Å². The zero-order valence-corrected chi connectivity index (χ0v) is 10.8. The predicted octanol–water partition coefficient (Wildman–Crippen LogP) is 0.976. The number of β-amino-alcohol motifs (C(OH)–C–C–N with tert-alkyl or cyclic N) is 1. The van der Waals surface area contributed by atoms with Crippen molar-refractivity contribution in [3.05, 3.63) is 34.9 Å². The van der Waals surface area contributed by atoms with Crippen molar-refractivity contribution < 1.29 is 9.90 Å². The second-order valence-electron chi connectivity index (χ2n) is 4.71. The Bertz CT molecular complexity index is 416. The topological polar surface area (TPSA) is 66.6 Å². The average molecular weight is 269 g/mol. The van der Waals surface area contributed by atoms with Gasteiger partial charge in [-0.25, -0.2) is 0 Å². The van der Waals surface area contributed by atoms with Crippen LogP contribution in [0.4, 0.5) is 0 Å². The molecule has 18 heavy (non-hydrogen) atoms. The van der Waals surface area contributed by atoms with Crippen molar-refractivity contribution in [2.24, 2.45) is 5.73 Å². The molecule has 0 saturated carbocycles. The third kappa shape index (κ3) is 3.22. The van der Waals surface area contributed by atoms with Crippen LogP contribution in [0.25, 0.3) is 0 Å². The summed E-state index contributed by atoms with van der Waals surface area (Å²) in [5.74, 6) is -0.613. The zero-order valence-electron chi connectivity index (χ0n) is 10.1. The first-order valence-electron chi connectivity index (χ1n) is 6.01. The van der Waals surface area contributed by atoms with Gasteiger partial charge in [-0.05, 0) is 30.7 Å². The van der Waals surface area contributed by atoms with E-state index in [1.807, 2.05) is 12.1 Å². The minimum absolute atomic E-state index is 0.215. The van der Waals surface area contributed by atoms with Crippen LogP contribution in [0.3, 0.4) is 0 Å². The second-order valence-corrected chi connectivity index (χ2v) is 5.15. The number of carbonyl (C=O) groups is 1. The van der Waals surface area contributed by atoms with Crippen molar-refractivity contribution >= 4 is 17.5 Å². The molecule has 1 amide bonds. The Morgan fingerprint density at radius 1 is 1.44 bits per heavy atom. The first-order valence-corrected chi connectivity index (χ1v) is 6.39. The van der Waals surface area contributed by atoms with Gasteiger partial charge >= 0.3 is 0 Å². The standard InChI is InChI=1S/C13H17ClN2O2/c14-10-3-1-9(2-4-10)12(13(15)18)5-6-16-7-11(17)8-16/h1-4,11-12,17H,5-8H2,(H2,15,18). The van der Waals surface area contributed by atoms with Gasteiger partial charge in [0.05, 0.1) is 12.0 Å². The Morgan fingerprint density at radius 2 is 2.06 bits per heavy atom. The van der Waals surface area contributed by atoms with Gasteiger partial charge in [-0.1, -0.05) is 23.7 Å². The van der Waals surface area contributed by atoms with Gasteiger partial charge in [0, 0.05) is 18.1 Å².